The van der Waals surface area contributed by atoms with Crippen molar-refractivity contribution in [2.24, 2.45) is 0 Å². The van der Waals surface area contributed by atoms with E-state index in [1.807, 2.05) is 30.3 Å². The molecule has 1 amide bonds. The third-order valence-corrected chi connectivity index (χ3v) is 4.77. The molecule has 1 aliphatic carbocycles. The van der Waals surface area contributed by atoms with Crippen LogP contribution in [-0.4, -0.2) is 28.3 Å². The van der Waals surface area contributed by atoms with Gasteiger partial charge in [-0.05, 0) is 25.0 Å². The number of hydrogen-bond donors (Lipinski definition) is 0. The summed E-state index contributed by atoms with van der Waals surface area (Å²) in [5, 5.41) is 0. The van der Waals surface area contributed by atoms with Gasteiger partial charge in [0.15, 0.2) is 0 Å². The van der Waals surface area contributed by atoms with Crippen LogP contribution in [0.4, 0.5) is 10.5 Å². The molecule has 1 saturated heterocycles. The van der Waals surface area contributed by atoms with Gasteiger partial charge in [-0.2, -0.15) is 0 Å². The van der Waals surface area contributed by atoms with Crippen molar-refractivity contribution in [2.45, 2.75) is 37.8 Å². The second-order valence-corrected chi connectivity index (χ2v) is 6.38. The van der Waals surface area contributed by atoms with E-state index in [1.165, 1.54) is 11.0 Å². The molecule has 124 valence electrons. The molecule has 4 rings (SSSR count). The number of nitrogens with zero attached hydrogens (tertiary/aromatic N) is 3. The molecule has 6 heteroatoms. The first-order valence-corrected chi connectivity index (χ1v) is 8.30. The largest absolute Gasteiger partial charge is 0.442 e. The predicted octanol–water partition coefficient (Wildman–Crippen LogP) is 2.54. The van der Waals surface area contributed by atoms with Crippen molar-refractivity contribution in [3.8, 4) is 0 Å². The smallest absolute Gasteiger partial charge is 0.414 e. The van der Waals surface area contributed by atoms with Gasteiger partial charge >= 0.3 is 6.09 Å². The van der Waals surface area contributed by atoms with Crippen molar-refractivity contribution in [1.82, 2.24) is 9.55 Å². The Morgan fingerprint density at radius 1 is 1.17 bits per heavy atom. The van der Waals surface area contributed by atoms with Crippen LogP contribution in [0.1, 0.15) is 30.9 Å². The number of para-hydroxylation sites is 1. The van der Waals surface area contributed by atoms with Crippen molar-refractivity contribution in [2.75, 3.05) is 11.4 Å². The van der Waals surface area contributed by atoms with Crippen LogP contribution >= 0.6 is 0 Å². The number of amides is 1. The molecule has 1 aliphatic heterocycles. The number of rotatable bonds is 4. The van der Waals surface area contributed by atoms with Crippen LogP contribution in [0.25, 0.3) is 0 Å². The summed E-state index contributed by atoms with van der Waals surface area (Å²) in [6.45, 7) is 0.755. The SMILES string of the molecule is O=C1O[C@@H](Cn2cnc(C3CCC3)cc2=O)CN1c1ccccc1. The lowest BCUT2D eigenvalue weighted by Crippen LogP contribution is -2.30. The standard InChI is InChI=1S/C18H19N3O3/c22-17-9-16(13-5-4-6-13)19-12-20(17)10-15-11-21(18(23)24-15)14-7-2-1-3-8-14/h1-3,7-9,12-13,15H,4-6,10-11H2/t15-/m0/s1. The summed E-state index contributed by atoms with van der Waals surface area (Å²) in [7, 11) is 0. The maximum Gasteiger partial charge on any atom is 0.414 e. The van der Waals surface area contributed by atoms with Crippen molar-refractivity contribution in [1.29, 1.82) is 0 Å². The van der Waals surface area contributed by atoms with Gasteiger partial charge in [-0.25, -0.2) is 9.78 Å². The molecule has 0 bridgehead atoms. The first kappa shape index (κ1) is 14.9. The Bertz CT molecular complexity index is 799. The highest BCUT2D eigenvalue weighted by Gasteiger charge is 2.32. The third-order valence-electron chi connectivity index (χ3n) is 4.77. The molecule has 0 radical (unpaired) electrons. The van der Waals surface area contributed by atoms with Crippen molar-refractivity contribution >= 4 is 11.8 Å². The van der Waals surface area contributed by atoms with Crippen LogP contribution in [0.15, 0.2) is 47.5 Å². The van der Waals surface area contributed by atoms with Gasteiger partial charge in [0, 0.05) is 17.7 Å². The van der Waals surface area contributed by atoms with Crippen LogP contribution in [0.2, 0.25) is 0 Å². The number of aromatic nitrogens is 2. The number of carbonyl (C=O) groups excluding carboxylic acids is 1. The zero-order valence-corrected chi connectivity index (χ0v) is 13.3. The number of anilines is 1. The van der Waals surface area contributed by atoms with Gasteiger partial charge in [0.1, 0.15) is 6.10 Å². The first-order valence-electron chi connectivity index (χ1n) is 8.30. The highest BCUT2D eigenvalue weighted by molar-refractivity contribution is 5.89. The minimum Gasteiger partial charge on any atom is -0.442 e. The van der Waals surface area contributed by atoms with Gasteiger partial charge in [-0.3, -0.25) is 14.3 Å². The van der Waals surface area contributed by atoms with Crippen LogP contribution < -0.4 is 10.5 Å². The van der Waals surface area contributed by atoms with E-state index in [2.05, 4.69) is 4.98 Å². The second-order valence-electron chi connectivity index (χ2n) is 6.38. The zero-order valence-electron chi connectivity index (χ0n) is 13.3. The van der Waals surface area contributed by atoms with Crippen LogP contribution in [0.3, 0.4) is 0 Å². The lowest BCUT2D eigenvalue weighted by molar-refractivity contribution is 0.131. The molecule has 1 aromatic carbocycles. The van der Waals surface area contributed by atoms with E-state index in [0.717, 1.165) is 24.2 Å². The molecule has 24 heavy (non-hydrogen) atoms. The Morgan fingerprint density at radius 3 is 2.62 bits per heavy atom. The topological polar surface area (TPSA) is 64.4 Å². The maximum absolute atomic E-state index is 12.3. The van der Waals surface area contributed by atoms with Crippen LogP contribution in [-0.2, 0) is 11.3 Å². The minimum atomic E-state index is -0.377. The van der Waals surface area contributed by atoms with Gasteiger partial charge < -0.3 is 4.74 Å². The molecule has 2 heterocycles. The number of benzene rings is 1. The molecule has 2 aromatic rings. The Balaban J connectivity index is 1.46. The highest BCUT2D eigenvalue weighted by atomic mass is 16.6. The lowest BCUT2D eigenvalue weighted by Gasteiger charge is -2.24. The average Bonchev–Trinajstić information content (AvgIpc) is 2.90. The molecular weight excluding hydrogens is 306 g/mol. The Labute approximate surface area is 139 Å². The fourth-order valence-corrected chi connectivity index (χ4v) is 3.16. The number of carbonyl (C=O) groups is 1. The molecule has 0 spiro atoms. The molecule has 0 N–H and O–H groups in total. The molecule has 2 fully saturated rings. The minimum absolute atomic E-state index is 0.0823. The summed E-state index contributed by atoms with van der Waals surface area (Å²) >= 11 is 0. The van der Waals surface area contributed by atoms with E-state index in [9.17, 15) is 9.59 Å². The van der Waals surface area contributed by atoms with Gasteiger partial charge in [-0.1, -0.05) is 24.6 Å². The van der Waals surface area contributed by atoms with Crippen LogP contribution in [0, 0.1) is 0 Å². The maximum atomic E-state index is 12.3. The fraction of sp³-hybridized carbons (Fsp3) is 0.389. The summed E-state index contributed by atoms with van der Waals surface area (Å²) in [5.41, 5.74) is 1.61. The normalized spacial score (nSPS) is 20.8. The molecule has 6 nitrogen and oxygen atoms in total. The summed E-state index contributed by atoms with van der Waals surface area (Å²) in [6.07, 6.45) is 4.29. The highest BCUT2D eigenvalue weighted by Crippen LogP contribution is 2.34. The molecule has 2 aliphatic rings. The molecule has 1 atom stereocenters. The van der Waals surface area contributed by atoms with Gasteiger partial charge in [0.05, 0.1) is 25.1 Å². The summed E-state index contributed by atoms with van der Waals surface area (Å²) in [5.74, 6) is 0.435. The molecular formula is C18H19N3O3. The monoisotopic (exact) mass is 325 g/mol. The predicted molar refractivity (Wildman–Crippen MR) is 89.1 cm³/mol. The van der Waals surface area contributed by atoms with Crippen molar-refractivity contribution in [3.05, 3.63) is 58.8 Å². The van der Waals surface area contributed by atoms with Gasteiger partial charge in [0.2, 0.25) is 0 Å². The van der Waals surface area contributed by atoms with E-state index >= 15 is 0 Å². The quantitative estimate of drug-likeness (QED) is 0.866. The summed E-state index contributed by atoms with van der Waals surface area (Å²) in [6, 6.07) is 11.0. The fourth-order valence-electron chi connectivity index (χ4n) is 3.16. The van der Waals surface area contributed by atoms with Gasteiger partial charge in [-0.15, -0.1) is 0 Å². The summed E-state index contributed by atoms with van der Waals surface area (Å²) < 4.78 is 6.92. The van der Waals surface area contributed by atoms with E-state index in [4.69, 9.17) is 4.74 Å². The van der Waals surface area contributed by atoms with Crippen molar-refractivity contribution < 1.29 is 9.53 Å². The number of hydrogen-bond acceptors (Lipinski definition) is 4. The van der Waals surface area contributed by atoms with Gasteiger partial charge in [0.25, 0.3) is 5.56 Å². The average molecular weight is 325 g/mol. The number of ether oxygens (including phenoxy) is 1. The summed E-state index contributed by atoms with van der Waals surface area (Å²) in [4.78, 5) is 30.3. The Hall–Kier alpha value is -2.63. The third kappa shape index (κ3) is 2.79. The van der Waals surface area contributed by atoms with E-state index in [-0.39, 0.29) is 17.8 Å². The van der Waals surface area contributed by atoms with E-state index in [0.29, 0.717) is 19.0 Å². The zero-order chi connectivity index (χ0) is 16.5. The first-order chi connectivity index (χ1) is 11.7. The molecule has 1 saturated carbocycles. The van der Waals surface area contributed by atoms with E-state index in [1.54, 1.807) is 17.3 Å². The lowest BCUT2D eigenvalue weighted by atomic mass is 9.83. The number of cyclic esters (lactones) is 1. The van der Waals surface area contributed by atoms with Crippen LogP contribution in [0.5, 0.6) is 0 Å². The Morgan fingerprint density at radius 2 is 1.96 bits per heavy atom. The second kappa shape index (κ2) is 6.11. The Kier molecular flexibility index (Phi) is 3.80. The van der Waals surface area contributed by atoms with E-state index < -0.39 is 0 Å². The molecule has 0 unspecified atom stereocenters. The molecule has 1 aromatic heterocycles. The van der Waals surface area contributed by atoms with Crippen molar-refractivity contribution in [3.63, 3.8) is 0 Å².